The Morgan fingerprint density at radius 2 is 1.82 bits per heavy atom. The molecule has 68 valence electrons. The molecule has 0 fully saturated rings. The molecular formula is C9H22NO+. The Kier molecular flexibility index (Phi) is 4.69. The van der Waals surface area contributed by atoms with Crippen LogP contribution in [0.4, 0.5) is 0 Å². The van der Waals surface area contributed by atoms with Crippen LogP contribution in [-0.4, -0.2) is 38.0 Å². The van der Waals surface area contributed by atoms with E-state index in [1.807, 2.05) is 0 Å². The zero-order valence-electron chi connectivity index (χ0n) is 8.55. The standard InChI is InChI=1S/C9H22NO/c1-6-7-10(4,5)8-11-9(2)3/h9H,6-8H2,1-5H3/q+1. The molecule has 0 unspecified atom stereocenters. The van der Waals surface area contributed by atoms with Crippen molar-refractivity contribution in [1.29, 1.82) is 0 Å². The van der Waals surface area contributed by atoms with E-state index in [1.165, 1.54) is 13.0 Å². The smallest absolute Gasteiger partial charge is 0.183 e. The van der Waals surface area contributed by atoms with Gasteiger partial charge in [-0.2, -0.15) is 0 Å². The van der Waals surface area contributed by atoms with Crippen LogP contribution in [0.15, 0.2) is 0 Å². The molecule has 0 radical (unpaired) electrons. The maximum atomic E-state index is 5.53. The van der Waals surface area contributed by atoms with Gasteiger partial charge < -0.3 is 9.22 Å². The van der Waals surface area contributed by atoms with E-state index >= 15 is 0 Å². The molecule has 0 aliphatic rings. The van der Waals surface area contributed by atoms with Crippen molar-refractivity contribution in [2.45, 2.75) is 33.3 Å². The molecule has 0 amide bonds. The van der Waals surface area contributed by atoms with Crippen LogP contribution in [0.5, 0.6) is 0 Å². The normalized spacial score (nSPS) is 12.5. The van der Waals surface area contributed by atoms with Crippen molar-refractivity contribution in [3.8, 4) is 0 Å². The predicted octanol–water partition coefficient (Wildman–Crippen LogP) is 1.86. The lowest BCUT2D eigenvalue weighted by atomic mass is 10.4. The fourth-order valence-corrected chi connectivity index (χ4v) is 1.02. The maximum Gasteiger partial charge on any atom is 0.183 e. The monoisotopic (exact) mass is 160 g/mol. The van der Waals surface area contributed by atoms with Crippen molar-refractivity contribution in [1.82, 2.24) is 0 Å². The van der Waals surface area contributed by atoms with Crippen LogP contribution < -0.4 is 0 Å². The van der Waals surface area contributed by atoms with Gasteiger partial charge in [0.2, 0.25) is 0 Å². The summed E-state index contributed by atoms with van der Waals surface area (Å²) in [6.07, 6.45) is 1.57. The van der Waals surface area contributed by atoms with Crippen LogP contribution in [0.1, 0.15) is 27.2 Å². The van der Waals surface area contributed by atoms with Crippen LogP contribution in [0, 0.1) is 0 Å². The molecule has 0 heterocycles. The van der Waals surface area contributed by atoms with E-state index in [0.717, 1.165) is 11.2 Å². The second-order valence-corrected chi connectivity index (χ2v) is 4.00. The number of rotatable bonds is 5. The highest BCUT2D eigenvalue weighted by molar-refractivity contribution is 4.32. The van der Waals surface area contributed by atoms with Gasteiger partial charge in [-0.25, -0.2) is 0 Å². The van der Waals surface area contributed by atoms with Gasteiger partial charge in [0, 0.05) is 0 Å². The molecule has 0 spiro atoms. The van der Waals surface area contributed by atoms with Crippen LogP contribution in [0.25, 0.3) is 0 Å². The molecule has 0 aromatic heterocycles. The highest BCUT2D eigenvalue weighted by Gasteiger charge is 2.13. The number of ether oxygens (including phenoxy) is 1. The minimum absolute atomic E-state index is 0.351. The van der Waals surface area contributed by atoms with Gasteiger partial charge in [-0.05, 0) is 20.3 Å². The van der Waals surface area contributed by atoms with Gasteiger partial charge in [0.1, 0.15) is 0 Å². The summed E-state index contributed by atoms with van der Waals surface area (Å²) in [7, 11) is 4.40. The highest BCUT2D eigenvalue weighted by atomic mass is 16.5. The van der Waals surface area contributed by atoms with E-state index in [4.69, 9.17) is 4.74 Å². The SMILES string of the molecule is CCC[N+](C)(C)COC(C)C. The first-order valence-electron chi connectivity index (χ1n) is 4.41. The van der Waals surface area contributed by atoms with Crippen LogP contribution >= 0.6 is 0 Å². The van der Waals surface area contributed by atoms with Crippen molar-refractivity contribution in [3.63, 3.8) is 0 Å². The first-order chi connectivity index (χ1) is 4.98. The van der Waals surface area contributed by atoms with Gasteiger partial charge in [0.15, 0.2) is 6.73 Å². The van der Waals surface area contributed by atoms with Gasteiger partial charge in [0.05, 0.1) is 26.7 Å². The molecule has 0 N–H and O–H groups in total. The average molecular weight is 160 g/mol. The summed E-state index contributed by atoms with van der Waals surface area (Å²) >= 11 is 0. The molecule has 0 saturated carbocycles. The number of quaternary nitrogens is 1. The molecule has 2 nitrogen and oxygen atoms in total. The first-order valence-corrected chi connectivity index (χ1v) is 4.41. The fourth-order valence-electron chi connectivity index (χ4n) is 1.02. The number of nitrogens with zero attached hydrogens (tertiary/aromatic N) is 1. The molecule has 0 aliphatic heterocycles. The van der Waals surface area contributed by atoms with E-state index in [9.17, 15) is 0 Å². The number of hydrogen-bond donors (Lipinski definition) is 0. The van der Waals surface area contributed by atoms with Crippen LogP contribution in [0.3, 0.4) is 0 Å². The Balaban J connectivity index is 3.54. The Labute approximate surface area is 70.7 Å². The van der Waals surface area contributed by atoms with E-state index in [-0.39, 0.29) is 0 Å². The molecule has 0 saturated heterocycles. The topological polar surface area (TPSA) is 9.23 Å². The quantitative estimate of drug-likeness (QED) is 0.440. The predicted molar refractivity (Wildman–Crippen MR) is 48.4 cm³/mol. The Hall–Kier alpha value is -0.0800. The molecule has 0 rings (SSSR count). The third-order valence-electron chi connectivity index (χ3n) is 1.59. The second-order valence-electron chi connectivity index (χ2n) is 4.00. The van der Waals surface area contributed by atoms with Crippen molar-refractivity contribution in [2.75, 3.05) is 27.4 Å². The lowest BCUT2D eigenvalue weighted by Crippen LogP contribution is -2.42. The zero-order chi connectivity index (χ0) is 8.91. The second kappa shape index (κ2) is 4.73. The van der Waals surface area contributed by atoms with Gasteiger partial charge in [-0.3, -0.25) is 0 Å². The zero-order valence-corrected chi connectivity index (χ0v) is 8.55. The molecule has 2 heteroatoms. The van der Waals surface area contributed by atoms with E-state index < -0.39 is 0 Å². The van der Waals surface area contributed by atoms with E-state index in [2.05, 4.69) is 34.9 Å². The first kappa shape index (κ1) is 10.9. The van der Waals surface area contributed by atoms with Crippen molar-refractivity contribution in [3.05, 3.63) is 0 Å². The molecule has 0 aromatic rings. The highest BCUT2D eigenvalue weighted by Crippen LogP contribution is 2.01. The van der Waals surface area contributed by atoms with Crippen molar-refractivity contribution >= 4 is 0 Å². The van der Waals surface area contributed by atoms with Crippen LogP contribution in [0.2, 0.25) is 0 Å². The lowest BCUT2D eigenvalue weighted by molar-refractivity contribution is -0.910. The van der Waals surface area contributed by atoms with E-state index in [0.29, 0.717) is 6.10 Å². The molecule has 0 aliphatic carbocycles. The summed E-state index contributed by atoms with van der Waals surface area (Å²) in [6, 6.07) is 0. The van der Waals surface area contributed by atoms with Gasteiger partial charge in [0.25, 0.3) is 0 Å². The summed E-state index contributed by atoms with van der Waals surface area (Å²) in [5.74, 6) is 0. The Morgan fingerprint density at radius 1 is 1.27 bits per heavy atom. The van der Waals surface area contributed by atoms with Gasteiger partial charge in [-0.1, -0.05) is 6.92 Å². The summed E-state index contributed by atoms with van der Waals surface area (Å²) in [5, 5.41) is 0. The van der Waals surface area contributed by atoms with Crippen LogP contribution in [-0.2, 0) is 4.74 Å². The number of hydrogen-bond acceptors (Lipinski definition) is 1. The van der Waals surface area contributed by atoms with E-state index in [1.54, 1.807) is 0 Å². The summed E-state index contributed by atoms with van der Waals surface area (Å²) < 4.78 is 6.50. The third-order valence-corrected chi connectivity index (χ3v) is 1.59. The lowest BCUT2D eigenvalue weighted by Gasteiger charge is -2.29. The molecule has 0 bridgehead atoms. The Bertz CT molecular complexity index is 99.7. The molecule has 0 aromatic carbocycles. The average Bonchev–Trinajstić information content (AvgIpc) is 1.84. The molecule has 0 atom stereocenters. The third kappa shape index (κ3) is 6.32. The molecule has 11 heavy (non-hydrogen) atoms. The fraction of sp³-hybridized carbons (Fsp3) is 1.00. The van der Waals surface area contributed by atoms with Crippen molar-refractivity contribution < 1.29 is 9.22 Å². The Morgan fingerprint density at radius 3 is 2.18 bits per heavy atom. The molecular weight excluding hydrogens is 138 g/mol. The minimum atomic E-state index is 0.351. The summed E-state index contributed by atoms with van der Waals surface area (Å²) in [6.45, 7) is 8.37. The summed E-state index contributed by atoms with van der Waals surface area (Å²) in [4.78, 5) is 0. The van der Waals surface area contributed by atoms with Crippen molar-refractivity contribution in [2.24, 2.45) is 0 Å². The summed E-state index contributed by atoms with van der Waals surface area (Å²) in [5.41, 5.74) is 0. The largest absolute Gasteiger partial charge is 0.329 e. The van der Waals surface area contributed by atoms with Gasteiger partial charge in [-0.15, -0.1) is 0 Å². The maximum absolute atomic E-state index is 5.53. The minimum Gasteiger partial charge on any atom is -0.329 e. The van der Waals surface area contributed by atoms with Gasteiger partial charge >= 0.3 is 0 Å².